The molecule has 0 bridgehead atoms. The number of pyridine rings is 1. The molecule has 2 saturated heterocycles. The summed E-state index contributed by atoms with van der Waals surface area (Å²) >= 11 is 0. The number of hydrogen-bond donors (Lipinski definition) is 2. The summed E-state index contributed by atoms with van der Waals surface area (Å²) in [4.78, 5) is 57.5. The van der Waals surface area contributed by atoms with E-state index in [9.17, 15) is 37.6 Å². The fourth-order valence-corrected chi connectivity index (χ4v) is 8.30. The Balaban J connectivity index is 1.15. The van der Waals surface area contributed by atoms with E-state index in [0.717, 1.165) is 31.5 Å². The summed E-state index contributed by atoms with van der Waals surface area (Å²) in [7, 11) is -4.33. The molecule has 3 atom stereocenters. The lowest BCUT2D eigenvalue weighted by Gasteiger charge is -2.36. The van der Waals surface area contributed by atoms with Gasteiger partial charge in [0.25, 0.3) is 11.8 Å². The number of phosphoric ester groups is 1. The van der Waals surface area contributed by atoms with Crippen molar-refractivity contribution in [2.45, 2.75) is 64.1 Å². The number of halogens is 2. The van der Waals surface area contributed by atoms with Gasteiger partial charge in [-0.25, -0.2) is 18.1 Å². The van der Waals surface area contributed by atoms with E-state index in [1.165, 1.54) is 10.8 Å². The van der Waals surface area contributed by atoms with Crippen LogP contribution in [-0.2, 0) is 49.2 Å². The van der Waals surface area contributed by atoms with Crippen LogP contribution in [0, 0.1) is 11.6 Å². The topological polar surface area (TPSA) is 175 Å². The van der Waals surface area contributed by atoms with E-state index in [2.05, 4.69) is 10.2 Å². The lowest BCUT2D eigenvalue weighted by atomic mass is 10.1. The number of hydrogen-bond acceptors (Lipinski definition) is 11. The number of amides is 2. The van der Waals surface area contributed by atoms with Gasteiger partial charge in [0.2, 0.25) is 17.5 Å². The number of nitrogens with zero attached hydrogens (tertiary/aromatic N) is 3. The normalized spacial score (nSPS) is 18.1. The second-order valence-electron chi connectivity index (χ2n) is 13.6. The quantitative estimate of drug-likeness (QED) is 0.0809. The molecule has 3 aliphatic heterocycles. The predicted octanol–water partition coefficient (Wildman–Crippen LogP) is 5.66. The number of nitrogens with one attached hydrogen (secondary N) is 1. The van der Waals surface area contributed by atoms with Crippen molar-refractivity contribution in [1.82, 2.24) is 19.7 Å². The van der Waals surface area contributed by atoms with Gasteiger partial charge in [0, 0.05) is 49.9 Å². The number of aromatic nitrogens is 1. The summed E-state index contributed by atoms with van der Waals surface area (Å²) in [6.07, 6.45) is -1.46. The van der Waals surface area contributed by atoms with Crippen LogP contribution in [0.25, 0.3) is 0 Å². The van der Waals surface area contributed by atoms with Gasteiger partial charge in [-0.05, 0) is 30.0 Å². The molecule has 0 radical (unpaired) electrons. The number of carbonyl (C=O) groups is 3. The van der Waals surface area contributed by atoms with Gasteiger partial charge in [-0.3, -0.25) is 32.9 Å². The average Bonchev–Trinajstić information content (AvgIpc) is 3.80. The van der Waals surface area contributed by atoms with Gasteiger partial charge in [0.05, 0.1) is 26.4 Å². The Kier molecular flexibility index (Phi) is 12.1. The molecule has 0 spiro atoms. The molecule has 4 aromatic rings. The minimum atomic E-state index is -4.33. The number of carboxylic acid groups (broad SMARTS) is 1. The molecule has 4 heterocycles. The monoisotopic (exact) mass is 808 g/mol. The molecule has 1 unspecified atom stereocenters. The number of benzene rings is 3. The van der Waals surface area contributed by atoms with Gasteiger partial charge in [-0.1, -0.05) is 66.7 Å². The molecule has 1 aromatic heterocycles. The molecule has 0 saturated carbocycles. The van der Waals surface area contributed by atoms with Crippen LogP contribution in [0.4, 0.5) is 13.6 Å². The summed E-state index contributed by atoms with van der Waals surface area (Å²) in [5.41, 5.74) is -0.519. The van der Waals surface area contributed by atoms with Crippen molar-refractivity contribution < 1.29 is 55.9 Å². The van der Waals surface area contributed by atoms with E-state index in [-0.39, 0.29) is 43.2 Å². The molecule has 300 valence electrons. The van der Waals surface area contributed by atoms with Crippen molar-refractivity contribution in [3.63, 3.8) is 0 Å². The molecule has 2 amide bonds. The van der Waals surface area contributed by atoms with Gasteiger partial charge >= 0.3 is 14.0 Å². The third-order valence-corrected chi connectivity index (χ3v) is 11.3. The molecule has 0 aliphatic carbocycles. The highest BCUT2D eigenvalue weighted by atomic mass is 31.2. The van der Waals surface area contributed by atoms with E-state index in [1.807, 2.05) is 0 Å². The Morgan fingerprint density at radius 3 is 2.26 bits per heavy atom. The fourth-order valence-electron chi connectivity index (χ4n) is 7.13. The molecule has 18 heteroatoms. The lowest BCUT2D eigenvalue weighted by molar-refractivity contribution is -0.0654. The highest BCUT2D eigenvalue weighted by Crippen LogP contribution is 2.51. The Hall–Kier alpha value is -5.45. The fraction of sp³-hybridized carbons (Fsp3) is 0.333. The summed E-state index contributed by atoms with van der Waals surface area (Å²) < 4.78 is 70.9. The minimum absolute atomic E-state index is 0.0520. The predicted molar refractivity (Wildman–Crippen MR) is 197 cm³/mol. The van der Waals surface area contributed by atoms with Gasteiger partial charge in [-0.15, -0.1) is 0 Å². The Morgan fingerprint density at radius 2 is 1.61 bits per heavy atom. The number of carbonyl (C=O) groups excluding carboxylic acids is 2. The average molecular weight is 809 g/mol. The van der Waals surface area contributed by atoms with E-state index in [0.29, 0.717) is 23.7 Å². The zero-order valence-electron chi connectivity index (χ0n) is 30.5. The minimum Gasteiger partial charge on any atom is -0.450 e. The standard InChI is InChI=1S/C39H39F2N4O11P/c40-28-14-13-27(31(41)18-28)19-42-37(47)30-21-43-22-32-44-16-7-12-29(44)20-45(32)38(48)34(43)36(35(30)46)55-33(56-39(49)50)15-17-52-57(51,53-23-25-8-3-1-4-9-25)54-24-26-10-5-2-6-11-26/h1-6,8-11,13-14,18,21,29,32-33H,7,12,15-17,19-20,22-24H2,(H,42,47)(H,49,50)/t29-,32+,33?/m1/s1. The maximum Gasteiger partial charge on any atom is 0.508 e. The highest BCUT2D eigenvalue weighted by molar-refractivity contribution is 7.48. The zero-order chi connectivity index (χ0) is 40.1. The van der Waals surface area contributed by atoms with Crippen molar-refractivity contribution in [2.75, 3.05) is 19.7 Å². The summed E-state index contributed by atoms with van der Waals surface area (Å²) in [6, 6.07) is 20.6. The molecule has 3 aliphatic rings. The van der Waals surface area contributed by atoms with E-state index in [4.69, 9.17) is 23.0 Å². The largest absolute Gasteiger partial charge is 0.508 e. The molecule has 57 heavy (non-hydrogen) atoms. The Morgan fingerprint density at radius 1 is 0.930 bits per heavy atom. The van der Waals surface area contributed by atoms with E-state index in [1.54, 1.807) is 65.6 Å². The molecule has 3 aromatic carbocycles. The van der Waals surface area contributed by atoms with Crippen molar-refractivity contribution in [2.24, 2.45) is 0 Å². The molecule has 2 fully saturated rings. The highest BCUT2D eigenvalue weighted by Gasteiger charge is 2.48. The van der Waals surface area contributed by atoms with Gasteiger partial charge < -0.3 is 29.4 Å². The van der Waals surface area contributed by atoms with Crippen LogP contribution in [-0.4, -0.2) is 75.6 Å². The van der Waals surface area contributed by atoms with Gasteiger partial charge in [0.15, 0.2) is 5.69 Å². The van der Waals surface area contributed by atoms with E-state index < -0.39 is 80.0 Å². The first-order valence-corrected chi connectivity index (χ1v) is 19.7. The van der Waals surface area contributed by atoms with Crippen LogP contribution in [0.5, 0.6) is 5.75 Å². The van der Waals surface area contributed by atoms with Crippen molar-refractivity contribution in [3.05, 3.63) is 135 Å². The first-order chi connectivity index (χ1) is 27.5. The van der Waals surface area contributed by atoms with E-state index >= 15 is 0 Å². The summed E-state index contributed by atoms with van der Waals surface area (Å²) in [5.74, 6) is -3.93. The van der Waals surface area contributed by atoms with Crippen LogP contribution in [0.15, 0.2) is 89.9 Å². The number of ether oxygens (including phenoxy) is 2. The maximum atomic E-state index is 14.4. The van der Waals surface area contributed by atoms with Crippen LogP contribution in [0.3, 0.4) is 0 Å². The summed E-state index contributed by atoms with van der Waals surface area (Å²) in [5, 5.41) is 12.1. The molecule has 15 nitrogen and oxygen atoms in total. The molecule has 7 rings (SSSR count). The molecular weight excluding hydrogens is 769 g/mol. The SMILES string of the molecule is O=C(O)OC(CCOP(=O)(OCc1ccccc1)OCc1ccccc1)Oc1c2n(cc(C(=O)NCc3ccc(F)cc3F)c1=O)C[C@@H]1N(C[C@H]3CCCN31)C2=O. The number of phosphoric acid groups is 1. The summed E-state index contributed by atoms with van der Waals surface area (Å²) in [6.45, 7) is 0.0431. The second-order valence-corrected chi connectivity index (χ2v) is 15.3. The van der Waals surface area contributed by atoms with Crippen LogP contribution in [0.1, 0.15) is 56.8 Å². The third-order valence-electron chi connectivity index (χ3n) is 9.88. The Labute approximate surface area is 325 Å². The van der Waals surface area contributed by atoms with Crippen molar-refractivity contribution >= 4 is 25.8 Å². The van der Waals surface area contributed by atoms with Gasteiger partial charge in [0.1, 0.15) is 23.4 Å². The first-order valence-electron chi connectivity index (χ1n) is 18.2. The lowest BCUT2D eigenvalue weighted by Crippen LogP contribution is -2.51. The van der Waals surface area contributed by atoms with Gasteiger partial charge in [-0.2, -0.15) is 0 Å². The second kappa shape index (κ2) is 17.4. The van der Waals surface area contributed by atoms with Crippen LogP contribution < -0.4 is 15.5 Å². The molecular formula is C39H39F2N4O11P. The van der Waals surface area contributed by atoms with Crippen LogP contribution in [0.2, 0.25) is 0 Å². The van der Waals surface area contributed by atoms with Crippen molar-refractivity contribution in [1.29, 1.82) is 0 Å². The number of rotatable bonds is 16. The first kappa shape index (κ1) is 39.8. The van der Waals surface area contributed by atoms with Crippen LogP contribution >= 0.6 is 7.82 Å². The molecule has 2 N–H and O–H groups in total. The number of fused-ring (bicyclic) bond motifs is 4. The zero-order valence-corrected chi connectivity index (χ0v) is 31.4. The third kappa shape index (κ3) is 9.24. The Bertz CT molecular complexity index is 2180. The maximum absolute atomic E-state index is 14.4. The van der Waals surface area contributed by atoms with Crippen molar-refractivity contribution in [3.8, 4) is 5.75 Å². The smallest absolute Gasteiger partial charge is 0.450 e.